The van der Waals surface area contributed by atoms with Gasteiger partial charge in [-0.3, -0.25) is 9.78 Å². The minimum atomic E-state index is -0.216. The lowest BCUT2D eigenvalue weighted by atomic mass is 10.2. The number of amides is 1. The Morgan fingerprint density at radius 2 is 1.92 bits per heavy atom. The molecule has 0 saturated heterocycles. The molecule has 0 aliphatic carbocycles. The van der Waals surface area contributed by atoms with Gasteiger partial charge in [-0.2, -0.15) is 0 Å². The molecule has 0 spiro atoms. The van der Waals surface area contributed by atoms with Crippen molar-refractivity contribution in [3.05, 3.63) is 78.2 Å². The highest BCUT2D eigenvalue weighted by Crippen LogP contribution is 2.14. The lowest BCUT2D eigenvalue weighted by molar-refractivity contribution is 0.102. The van der Waals surface area contributed by atoms with Crippen molar-refractivity contribution in [1.82, 2.24) is 9.97 Å². The number of anilines is 2. The third-order valence-electron chi connectivity index (χ3n) is 3.58. The molecule has 0 unspecified atom stereocenters. The number of hydrogen-bond acceptors (Lipinski definition) is 5. The Balaban J connectivity index is 1.57. The van der Waals surface area contributed by atoms with E-state index in [9.17, 15) is 4.79 Å². The maximum absolute atomic E-state index is 12.2. The smallest absolute Gasteiger partial charge is 0.256 e. The van der Waals surface area contributed by atoms with Gasteiger partial charge in [0, 0.05) is 24.5 Å². The molecule has 25 heavy (non-hydrogen) atoms. The molecule has 126 valence electrons. The molecule has 0 radical (unpaired) electrons. The van der Waals surface area contributed by atoms with Crippen molar-refractivity contribution in [1.29, 1.82) is 0 Å². The fraction of sp³-hybridized carbons (Fsp3) is 0.105. The number of aromatic nitrogens is 2. The molecule has 3 rings (SSSR count). The second-order valence-electron chi connectivity index (χ2n) is 5.33. The molecule has 1 amide bonds. The van der Waals surface area contributed by atoms with Gasteiger partial charge in [0.25, 0.3) is 5.91 Å². The van der Waals surface area contributed by atoms with E-state index in [1.165, 1.54) is 0 Å². The molecule has 0 fully saturated rings. The number of pyridine rings is 2. The molecular weight excluding hydrogens is 316 g/mol. The summed E-state index contributed by atoms with van der Waals surface area (Å²) in [5, 5.41) is 6.02. The lowest BCUT2D eigenvalue weighted by Crippen LogP contribution is -2.12. The Kier molecular flexibility index (Phi) is 5.21. The molecule has 0 bridgehead atoms. The number of rotatable bonds is 6. The summed E-state index contributed by atoms with van der Waals surface area (Å²) in [6.45, 7) is 0.660. The van der Waals surface area contributed by atoms with Crippen molar-refractivity contribution in [2.75, 3.05) is 17.7 Å². The second kappa shape index (κ2) is 7.92. The van der Waals surface area contributed by atoms with E-state index in [-0.39, 0.29) is 5.91 Å². The Labute approximate surface area is 145 Å². The summed E-state index contributed by atoms with van der Waals surface area (Å²) in [4.78, 5) is 20.5. The molecule has 2 heterocycles. The van der Waals surface area contributed by atoms with Crippen LogP contribution in [0.25, 0.3) is 0 Å². The molecule has 2 aromatic heterocycles. The summed E-state index contributed by atoms with van der Waals surface area (Å²) >= 11 is 0. The molecule has 0 atom stereocenters. The van der Waals surface area contributed by atoms with Crippen molar-refractivity contribution in [2.24, 2.45) is 0 Å². The van der Waals surface area contributed by atoms with Gasteiger partial charge in [0.2, 0.25) is 0 Å². The van der Waals surface area contributed by atoms with Crippen molar-refractivity contribution in [2.45, 2.75) is 6.54 Å². The van der Waals surface area contributed by atoms with E-state index in [0.717, 1.165) is 11.3 Å². The molecule has 0 saturated carbocycles. The third-order valence-corrected chi connectivity index (χ3v) is 3.58. The van der Waals surface area contributed by atoms with E-state index in [1.807, 2.05) is 24.4 Å². The van der Waals surface area contributed by atoms with E-state index >= 15 is 0 Å². The molecule has 2 N–H and O–H groups in total. The monoisotopic (exact) mass is 334 g/mol. The normalized spacial score (nSPS) is 10.1. The predicted molar refractivity (Wildman–Crippen MR) is 96.7 cm³/mol. The van der Waals surface area contributed by atoms with Gasteiger partial charge in [0.05, 0.1) is 19.0 Å². The Bertz CT molecular complexity index is 818. The topological polar surface area (TPSA) is 76.1 Å². The maximum atomic E-state index is 12.2. The Morgan fingerprint density at radius 1 is 1.08 bits per heavy atom. The first-order valence-corrected chi connectivity index (χ1v) is 7.79. The van der Waals surface area contributed by atoms with Gasteiger partial charge < -0.3 is 15.4 Å². The Morgan fingerprint density at radius 3 is 2.56 bits per heavy atom. The average molecular weight is 334 g/mol. The highest BCUT2D eigenvalue weighted by molar-refractivity contribution is 6.03. The molecular formula is C19H18N4O2. The number of hydrogen-bond donors (Lipinski definition) is 2. The van der Waals surface area contributed by atoms with E-state index in [4.69, 9.17) is 4.74 Å². The molecule has 1 aromatic carbocycles. The van der Waals surface area contributed by atoms with E-state index in [0.29, 0.717) is 23.7 Å². The van der Waals surface area contributed by atoms with Gasteiger partial charge >= 0.3 is 0 Å². The van der Waals surface area contributed by atoms with Crippen LogP contribution in [0.5, 0.6) is 5.75 Å². The van der Waals surface area contributed by atoms with Crippen LogP contribution in [0.15, 0.2) is 67.1 Å². The minimum absolute atomic E-state index is 0.216. The molecule has 0 aliphatic rings. The number of nitrogens with one attached hydrogen (secondary N) is 2. The van der Waals surface area contributed by atoms with Crippen LogP contribution in [0.4, 0.5) is 11.5 Å². The largest absolute Gasteiger partial charge is 0.497 e. The van der Waals surface area contributed by atoms with Crippen molar-refractivity contribution in [3.63, 3.8) is 0 Å². The first-order chi connectivity index (χ1) is 12.2. The SMILES string of the molecule is COc1ccc(C(=O)Nc2ccc(NCc3cccnc3)cn2)cc1. The second-order valence-corrected chi connectivity index (χ2v) is 5.33. The van der Waals surface area contributed by atoms with Crippen LogP contribution in [0, 0.1) is 0 Å². The molecule has 3 aromatic rings. The molecule has 6 heteroatoms. The first-order valence-electron chi connectivity index (χ1n) is 7.79. The van der Waals surface area contributed by atoms with Crippen molar-refractivity contribution in [3.8, 4) is 5.75 Å². The third kappa shape index (κ3) is 4.54. The number of carbonyl (C=O) groups excluding carboxylic acids is 1. The Hall–Kier alpha value is -3.41. The summed E-state index contributed by atoms with van der Waals surface area (Å²) in [5.74, 6) is 0.984. The zero-order valence-electron chi connectivity index (χ0n) is 13.8. The van der Waals surface area contributed by atoms with E-state index in [1.54, 1.807) is 49.8 Å². The summed E-state index contributed by atoms with van der Waals surface area (Å²) in [5.41, 5.74) is 2.49. The fourth-order valence-electron chi connectivity index (χ4n) is 2.21. The average Bonchev–Trinajstić information content (AvgIpc) is 2.68. The van der Waals surface area contributed by atoms with Gasteiger partial charge in [-0.05, 0) is 48.0 Å². The van der Waals surface area contributed by atoms with Gasteiger partial charge in [0.1, 0.15) is 11.6 Å². The minimum Gasteiger partial charge on any atom is -0.497 e. The van der Waals surface area contributed by atoms with Crippen LogP contribution < -0.4 is 15.4 Å². The quantitative estimate of drug-likeness (QED) is 0.723. The van der Waals surface area contributed by atoms with Gasteiger partial charge in [-0.15, -0.1) is 0 Å². The van der Waals surface area contributed by atoms with Crippen LogP contribution in [0.1, 0.15) is 15.9 Å². The predicted octanol–water partition coefficient (Wildman–Crippen LogP) is 3.35. The fourth-order valence-corrected chi connectivity index (χ4v) is 2.21. The maximum Gasteiger partial charge on any atom is 0.256 e. The van der Waals surface area contributed by atoms with Crippen LogP contribution >= 0.6 is 0 Å². The van der Waals surface area contributed by atoms with Crippen LogP contribution in [0.3, 0.4) is 0 Å². The van der Waals surface area contributed by atoms with Gasteiger partial charge in [-0.25, -0.2) is 4.98 Å². The summed E-state index contributed by atoms with van der Waals surface area (Å²) in [6, 6.07) is 14.4. The van der Waals surface area contributed by atoms with Crippen molar-refractivity contribution < 1.29 is 9.53 Å². The summed E-state index contributed by atoms with van der Waals surface area (Å²) in [7, 11) is 1.59. The van der Waals surface area contributed by atoms with Crippen LogP contribution in [-0.4, -0.2) is 23.0 Å². The van der Waals surface area contributed by atoms with E-state index < -0.39 is 0 Å². The number of methoxy groups -OCH3 is 1. The summed E-state index contributed by atoms with van der Waals surface area (Å²) in [6.07, 6.45) is 5.23. The summed E-state index contributed by atoms with van der Waals surface area (Å²) < 4.78 is 5.08. The number of carbonyl (C=O) groups is 1. The standard InChI is InChI=1S/C19H18N4O2/c1-25-17-7-4-15(5-8-17)19(24)23-18-9-6-16(13-22-18)21-12-14-3-2-10-20-11-14/h2-11,13,21H,12H2,1H3,(H,22,23,24). The van der Waals surface area contributed by atoms with E-state index in [2.05, 4.69) is 20.6 Å². The highest BCUT2D eigenvalue weighted by Gasteiger charge is 2.07. The molecule has 6 nitrogen and oxygen atoms in total. The van der Waals surface area contributed by atoms with Gasteiger partial charge in [-0.1, -0.05) is 6.07 Å². The number of benzene rings is 1. The zero-order chi connectivity index (χ0) is 17.5. The van der Waals surface area contributed by atoms with Gasteiger partial charge in [0.15, 0.2) is 0 Å². The lowest BCUT2D eigenvalue weighted by Gasteiger charge is -2.08. The van der Waals surface area contributed by atoms with Crippen LogP contribution in [0.2, 0.25) is 0 Å². The first kappa shape index (κ1) is 16.4. The highest BCUT2D eigenvalue weighted by atomic mass is 16.5. The van der Waals surface area contributed by atoms with Crippen molar-refractivity contribution >= 4 is 17.4 Å². The number of nitrogens with zero attached hydrogens (tertiary/aromatic N) is 2. The number of ether oxygens (including phenoxy) is 1. The molecule has 0 aliphatic heterocycles. The van der Waals surface area contributed by atoms with Crippen LogP contribution in [-0.2, 0) is 6.54 Å². The zero-order valence-corrected chi connectivity index (χ0v) is 13.8.